The topological polar surface area (TPSA) is 53.0 Å². The molecule has 18 heavy (non-hydrogen) atoms. The molecule has 1 aromatic carbocycles. The molecule has 0 amide bonds. The molecule has 98 valence electrons. The fourth-order valence-electron chi connectivity index (χ4n) is 2.00. The molecule has 0 aromatic heterocycles. The lowest BCUT2D eigenvalue weighted by molar-refractivity contribution is 0.258. The maximum absolute atomic E-state index is 13.9. The molecule has 0 saturated heterocycles. The van der Waals surface area contributed by atoms with E-state index in [1.165, 1.54) is 18.9 Å². The SMILES string of the molecule is Cl.N#Cc1cccc(CN(CCN)C2CC2)c1F. The third-order valence-electron chi connectivity index (χ3n) is 3.05. The number of nitriles is 1. The van der Waals surface area contributed by atoms with E-state index in [2.05, 4.69) is 4.90 Å². The first-order chi connectivity index (χ1) is 8.26. The number of benzene rings is 1. The average molecular weight is 270 g/mol. The second-order valence-corrected chi connectivity index (χ2v) is 4.38. The molecule has 5 heteroatoms. The van der Waals surface area contributed by atoms with Crippen molar-refractivity contribution < 1.29 is 4.39 Å². The minimum absolute atomic E-state index is 0. The van der Waals surface area contributed by atoms with Gasteiger partial charge in [-0.1, -0.05) is 12.1 Å². The molecular formula is C13H17ClFN3. The van der Waals surface area contributed by atoms with Crippen LogP contribution >= 0.6 is 12.4 Å². The molecule has 1 fully saturated rings. The molecule has 1 aromatic rings. The molecule has 0 heterocycles. The first-order valence-corrected chi connectivity index (χ1v) is 5.88. The maximum atomic E-state index is 13.9. The van der Waals surface area contributed by atoms with E-state index in [-0.39, 0.29) is 18.0 Å². The second-order valence-electron chi connectivity index (χ2n) is 4.38. The van der Waals surface area contributed by atoms with Gasteiger partial charge in [0.2, 0.25) is 0 Å². The summed E-state index contributed by atoms with van der Waals surface area (Å²) < 4.78 is 13.9. The van der Waals surface area contributed by atoms with E-state index in [4.69, 9.17) is 11.0 Å². The standard InChI is InChI=1S/C13H16FN3.ClH/c14-13-10(8-16)2-1-3-11(13)9-17(7-6-15)12-4-5-12;/h1-3,12H,4-7,9,15H2;1H. The van der Waals surface area contributed by atoms with Gasteiger partial charge in [-0.25, -0.2) is 4.39 Å². The van der Waals surface area contributed by atoms with Crippen molar-refractivity contribution in [2.75, 3.05) is 13.1 Å². The minimum atomic E-state index is -0.391. The van der Waals surface area contributed by atoms with Crippen LogP contribution in [0.2, 0.25) is 0 Å². The summed E-state index contributed by atoms with van der Waals surface area (Å²) in [4.78, 5) is 2.19. The van der Waals surface area contributed by atoms with E-state index in [9.17, 15) is 4.39 Å². The van der Waals surface area contributed by atoms with Gasteiger partial charge in [0.15, 0.2) is 0 Å². The number of hydrogen-bond donors (Lipinski definition) is 1. The summed E-state index contributed by atoms with van der Waals surface area (Å²) >= 11 is 0. The van der Waals surface area contributed by atoms with Gasteiger partial charge in [0.1, 0.15) is 11.9 Å². The van der Waals surface area contributed by atoms with Gasteiger partial charge in [0.25, 0.3) is 0 Å². The van der Waals surface area contributed by atoms with E-state index in [0.717, 1.165) is 6.54 Å². The van der Waals surface area contributed by atoms with E-state index in [0.29, 0.717) is 24.7 Å². The van der Waals surface area contributed by atoms with Crippen molar-refractivity contribution in [2.24, 2.45) is 5.73 Å². The summed E-state index contributed by atoms with van der Waals surface area (Å²) in [6.45, 7) is 1.90. The Hall–Kier alpha value is -1.15. The number of nitrogens with zero attached hydrogens (tertiary/aromatic N) is 2. The highest BCUT2D eigenvalue weighted by Crippen LogP contribution is 2.28. The highest BCUT2D eigenvalue weighted by Gasteiger charge is 2.28. The van der Waals surface area contributed by atoms with Gasteiger partial charge in [-0.3, -0.25) is 4.90 Å². The zero-order valence-electron chi connectivity index (χ0n) is 10.1. The van der Waals surface area contributed by atoms with Crippen LogP contribution in [0.25, 0.3) is 0 Å². The molecule has 1 aliphatic carbocycles. The molecule has 2 rings (SSSR count). The Morgan fingerprint density at radius 1 is 1.44 bits per heavy atom. The third-order valence-corrected chi connectivity index (χ3v) is 3.05. The monoisotopic (exact) mass is 269 g/mol. The molecule has 0 unspecified atom stereocenters. The fraction of sp³-hybridized carbons (Fsp3) is 0.462. The van der Waals surface area contributed by atoms with Crippen LogP contribution in [-0.2, 0) is 6.54 Å². The fourth-order valence-corrected chi connectivity index (χ4v) is 2.00. The molecular weight excluding hydrogens is 253 g/mol. The predicted octanol–water partition coefficient (Wildman–Crippen LogP) is 2.04. The van der Waals surface area contributed by atoms with Crippen LogP contribution in [0.5, 0.6) is 0 Å². The van der Waals surface area contributed by atoms with Crippen molar-refractivity contribution >= 4 is 12.4 Å². The van der Waals surface area contributed by atoms with Crippen molar-refractivity contribution in [3.63, 3.8) is 0 Å². The van der Waals surface area contributed by atoms with Gasteiger partial charge >= 0.3 is 0 Å². The van der Waals surface area contributed by atoms with Crippen LogP contribution in [0.1, 0.15) is 24.0 Å². The molecule has 0 radical (unpaired) electrons. The number of hydrogen-bond acceptors (Lipinski definition) is 3. The third kappa shape index (κ3) is 3.42. The van der Waals surface area contributed by atoms with E-state index >= 15 is 0 Å². The minimum Gasteiger partial charge on any atom is -0.329 e. The van der Waals surface area contributed by atoms with Crippen molar-refractivity contribution in [2.45, 2.75) is 25.4 Å². The van der Waals surface area contributed by atoms with Crippen LogP contribution in [0.15, 0.2) is 18.2 Å². The van der Waals surface area contributed by atoms with Gasteiger partial charge in [-0.2, -0.15) is 5.26 Å². The van der Waals surface area contributed by atoms with Gasteiger partial charge in [-0.15, -0.1) is 12.4 Å². The number of rotatable bonds is 5. The lowest BCUT2D eigenvalue weighted by atomic mass is 10.1. The van der Waals surface area contributed by atoms with Gasteiger partial charge < -0.3 is 5.73 Å². The molecule has 0 spiro atoms. The summed E-state index contributed by atoms with van der Waals surface area (Å²) in [7, 11) is 0. The normalized spacial score (nSPS) is 14.1. The molecule has 0 aliphatic heterocycles. The van der Waals surface area contributed by atoms with Crippen molar-refractivity contribution in [1.29, 1.82) is 5.26 Å². The second kappa shape index (κ2) is 6.69. The smallest absolute Gasteiger partial charge is 0.145 e. The van der Waals surface area contributed by atoms with Gasteiger partial charge in [0.05, 0.1) is 5.56 Å². The predicted molar refractivity (Wildman–Crippen MR) is 70.8 cm³/mol. The van der Waals surface area contributed by atoms with Crippen molar-refractivity contribution in [1.82, 2.24) is 4.90 Å². The van der Waals surface area contributed by atoms with Gasteiger partial charge in [0, 0.05) is 31.2 Å². The quantitative estimate of drug-likeness (QED) is 0.890. The van der Waals surface area contributed by atoms with Crippen LogP contribution in [-0.4, -0.2) is 24.0 Å². The highest BCUT2D eigenvalue weighted by atomic mass is 35.5. The molecule has 2 N–H and O–H groups in total. The lowest BCUT2D eigenvalue weighted by Crippen LogP contribution is -2.31. The summed E-state index contributed by atoms with van der Waals surface area (Å²) in [6, 6.07) is 7.38. The average Bonchev–Trinajstić information content (AvgIpc) is 3.15. The van der Waals surface area contributed by atoms with Crippen LogP contribution in [0.3, 0.4) is 0 Å². The van der Waals surface area contributed by atoms with Crippen LogP contribution in [0, 0.1) is 17.1 Å². The van der Waals surface area contributed by atoms with Crippen molar-refractivity contribution in [3.8, 4) is 6.07 Å². The number of halogens is 2. The first-order valence-electron chi connectivity index (χ1n) is 5.88. The molecule has 3 nitrogen and oxygen atoms in total. The summed E-state index contributed by atoms with van der Waals surface area (Å²) in [5.41, 5.74) is 6.26. The Morgan fingerprint density at radius 2 is 2.17 bits per heavy atom. The van der Waals surface area contributed by atoms with E-state index in [1.54, 1.807) is 12.1 Å². The van der Waals surface area contributed by atoms with Crippen LogP contribution in [0.4, 0.5) is 4.39 Å². The van der Waals surface area contributed by atoms with Gasteiger partial charge in [-0.05, 0) is 18.9 Å². The van der Waals surface area contributed by atoms with Crippen LogP contribution < -0.4 is 5.73 Å². The first kappa shape index (κ1) is 14.9. The lowest BCUT2D eigenvalue weighted by Gasteiger charge is -2.21. The Morgan fingerprint density at radius 3 is 2.72 bits per heavy atom. The Balaban J connectivity index is 0.00000162. The molecule has 0 bridgehead atoms. The molecule has 1 saturated carbocycles. The molecule has 1 aliphatic rings. The van der Waals surface area contributed by atoms with Crippen molar-refractivity contribution in [3.05, 3.63) is 35.1 Å². The largest absolute Gasteiger partial charge is 0.329 e. The highest BCUT2D eigenvalue weighted by molar-refractivity contribution is 5.85. The zero-order chi connectivity index (χ0) is 12.3. The Labute approximate surface area is 113 Å². The summed E-state index contributed by atoms with van der Waals surface area (Å²) in [5, 5.41) is 8.78. The Kier molecular flexibility index (Phi) is 5.54. The zero-order valence-corrected chi connectivity index (χ0v) is 10.9. The van der Waals surface area contributed by atoms with E-state index < -0.39 is 5.82 Å². The number of nitrogens with two attached hydrogens (primary N) is 1. The summed E-state index contributed by atoms with van der Waals surface area (Å²) in [5.74, 6) is -0.391. The molecule has 0 atom stereocenters. The van der Waals surface area contributed by atoms with E-state index in [1.807, 2.05) is 6.07 Å². The Bertz CT molecular complexity index is 440. The summed E-state index contributed by atoms with van der Waals surface area (Å²) in [6.07, 6.45) is 2.33. The maximum Gasteiger partial charge on any atom is 0.145 e.